The van der Waals surface area contributed by atoms with E-state index in [1.54, 1.807) is 16.8 Å². The van der Waals surface area contributed by atoms with Gasteiger partial charge in [-0.05, 0) is 36.6 Å². The number of carbonyl (C=O) groups is 1. The average molecular weight is 395 g/mol. The molecule has 144 valence electrons. The van der Waals surface area contributed by atoms with Gasteiger partial charge >= 0.3 is 6.18 Å². The summed E-state index contributed by atoms with van der Waals surface area (Å²) in [5.74, 6) is -0.373. The van der Waals surface area contributed by atoms with E-state index >= 15 is 0 Å². The SMILES string of the molecule is Cc1nn(C)c2sc(C(=O)NC(c3cccc(C(F)(F)F)c3)C(C)C)cc12. The number of halogens is 3. The van der Waals surface area contributed by atoms with E-state index in [1.807, 2.05) is 27.8 Å². The van der Waals surface area contributed by atoms with E-state index < -0.39 is 17.8 Å². The van der Waals surface area contributed by atoms with Crippen LogP contribution in [0, 0.1) is 12.8 Å². The molecular formula is C19H20F3N3OS. The molecule has 1 aromatic carbocycles. The van der Waals surface area contributed by atoms with Crippen LogP contribution in [-0.2, 0) is 13.2 Å². The number of carbonyl (C=O) groups excluding carboxylic acids is 1. The third kappa shape index (κ3) is 3.85. The highest BCUT2D eigenvalue weighted by Gasteiger charge is 2.31. The van der Waals surface area contributed by atoms with Crippen molar-refractivity contribution in [3.8, 4) is 0 Å². The quantitative estimate of drug-likeness (QED) is 0.669. The Balaban J connectivity index is 1.90. The topological polar surface area (TPSA) is 46.9 Å². The van der Waals surface area contributed by atoms with E-state index in [4.69, 9.17) is 0 Å². The molecule has 0 aliphatic heterocycles. The van der Waals surface area contributed by atoms with E-state index in [0.717, 1.165) is 28.0 Å². The van der Waals surface area contributed by atoms with E-state index in [2.05, 4.69) is 10.4 Å². The van der Waals surface area contributed by atoms with Crippen LogP contribution in [0.25, 0.3) is 10.2 Å². The van der Waals surface area contributed by atoms with Crippen LogP contribution in [0.2, 0.25) is 0 Å². The molecule has 0 bridgehead atoms. The first-order chi connectivity index (χ1) is 12.6. The van der Waals surface area contributed by atoms with Crippen LogP contribution < -0.4 is 5.32 Å². The second kappa shape index (κ2) is 6.99. The third-order valence-corrected chi connectivity index (χ3v) is 5.65. The Morgan fingerprint density at radius 3 is 2.56 bits per heavy atom. The molecule has 1 amide bonds. The average Bonchev–Trinajstić information content (AvgIpc) is 3.13. The molecule has 1 atom stereocenters. The van der Waals surface area contributed by atoms with Crippen LogP contribution in [0.15, 0.2) is 30.3 Å². The molecule has 3 aromatic rings. The lowest BCUT2D eigenvalue weighted by Gasteiger charge is -2.23. The zero-order chi connectivity index (χ0) is 19.9. The molecule has 3 rings (SSSR count). The number of amides is 1. The maximum atomic E-state index is 13.0. The lowest BCUT2D eigenvalue weighted by atomic mass is 9.94. The number of aromatic nitrogens is 2. The van der Waals surface area contributed by atoms with Crippen molar-refractivity contribution < 1.29 is 18.0 Å². The number of rotatable bonds is 4. The number of nitrogens with zero attached hydrogens (tertiary/aromatic N) is 2. The van der Waals surface area contributed by atoms with Crippen LogP contribution in [0.4, 0.5) is 13.2 Å². The molecule has 4 nitrogen and oxygen atoms in total. The van der Waals surface area contributed by atoms with Gasteiger partial charge < -0.3 is 5.32 Å². The minimum Gasteiger partial charge on any atom is -0.344 e. The molecule has 27 heavy (non-hydrogen) atoms. The Bertz CT molecular complexity index is 953. The molecule has 0 fully saturated rings. The first kappa shape index (κ1) is 19.4. The van der Waals surface area contributed by atoms with Crippen molar-refractivity contribution in [2.24, 2.45) is 13.0 Å². The number of hydrogen-bond acceptors (Lipinski definition) is 3. The largest absolute Gasteiger partial charge is 0.416 e. The van der Waals surface area contributed by atoms with Gasteiger partial charge in [-0.3, -0.25) is 9.48 Å². The predicted molar refractivity (Wildman–Crippen MR) is 99.8 cm³/mol. The zero-order valence-corrected chi connectivity index (χ0v) is 16.2. The van der Waals surface area contributed by atoms with Gasteiger partial charge in [0.15, 0.2) is 0 Å². The summed E-state index contributed by atoms with van der Waals surface area (Å²) < 4.78 is 40.8. The fourth-order valence-corrected chi connectivity index (χ4v) is 4.10. The lowest BCUT2D eigenvalue weighted by molar-refractivity contribution is -0.137. The van der Waals surface area contributed by atoms with Crippen LogP contribution in [0.1, 0.15) is 46.4 Å². The molecule has 0 saturated heterocycles. The first-order valence-corrected chi connectivity index (χ1v) is 9.30. The minimum absolute atomic E-state index is 0.0739. The van der Waals surface area contributed by atoms with Crippen molar-refractivity contribution in [3.63, 3.8) is 0 Å². The molecule has 0 radical (unpaired) electrons. The molecule has 1 unspecified atom stereocenters. The van der Waals surface area contributed by atoms with Gasteiger partial charge in [0.05, 0.1) is 22.2 Å². The highest BCUT2D eigenvalue weighted by molar-refractivity contribution is 7.20. The molecule has 0 spiro atoms. The Labute approximate surface area is 159 Å². The van der Waals surface area contributed by atoms with E-state index in [9.17, 15) is 18.0 Å². The molecule has 0 aliphatic carbocycles. The van der Waals surface area contributed by atoms with Crippen molar-refractivity contribution in [2.45, 2.75) is 33.0 Å². The fraction of sp³-hybridized carbons (Fsp3) is 0.368. The molecule has 0 saturated carbocycles. The van der Waals surface area contributed by atoms with Gasteiger partial charge in [0, 0.05) is 12.4 Å². The van der Waals surface area contributed by atoms with Crippen molar-refractivity contribution >= 4 is 27.5 Å². The number of fused-ring (bicyclic) bond motifs is 1. The normalized spacial score (nSPS) is 13.3. The highest BCUT2D eigenvalue weighted by Crippen LogP contribution is 2.33. The Morgan fingerprint density at radius 2 is 1.96 bits per heavy atom. The van der Waals surface area contributed by atoms with E-state index in [-0.39, 0.29) is 11.8 Å². The van der Waals surface area contributed by atoms with Crippen molar-refractivity contribution in [3.05, 3.63) is 52.0 Å². The second-order valence-corrected chi connectivity index (χ2v) is 7.89. The molecule has 8 heteroatoms. The number of thiophene rings is 1. The molecule has 2 heterocycles. The summed E-state index contributed by atoms with van der Waals surface area (Å²) in [6.45, 7) is 5.60. The second-order valence-electron chi connectivity index (χ2n) is 6.86. The van der Waals surface area contributed by atoms with Crippen molar-refractivity contribution in [1.82, 2.24) is 15.1 Å². The Morgan fingerprint density at radius 1 is 1.26 bits per heavy atom. The number of hydrogen-bond donors (Lipinski definition) is 1. The maximum absolute atomic E-state index is 13.0. The lowest BCUT2D eigenvalue weighted by Crippen LogP contribution is -2.31. The van der Waals surface area contributed by atoms with Gasteiger partial charge in [-0.1, -0.05) is 26.0 Å². The molecule has 2 aromatic heterocycles. The van der Waals surface area contributed by atoms with Crippen LogP contribution >= 0.6 is 11.3 Å². The van der Waals surface area contributed by atoms with Crippen LogP contribution in [0.3, 0.4) is 0 Å². The summed E-state index contributed by atoms with van der Waals surface area (Å²) in [6, 6.07) is 6.37. The monoisotopic (exact) mass is 395 g/mol. The molecular weight excluding hydrogens is 375 g/mol. The summed E-state index contributed by atoms with van der Waals surface area (Å²) in [5, 5.41) is 8.11. The van der Waals surface area contributed by atoms with E-state index in [1.165, 1.54) is 17.4 Å². The number of nitrogens with one attached hydrogen (secondary N) is 1. The molecule has 1 N–H and O–H groups in total. The Kier molecular flexibility index (Phi) is 5.03. The standard InChI is InChI=1S/C19H20F3N3OS/c1-10(2)16(12-6-5-7-13(8-12)19(20,21)22)23-17(26)15-9-14-11(3)24-25(4)18(14)27-15/h5-10,16H,1-4H3,(H,23,26). The van der Waals surface area contributed by atoms with Gasteiger partial charge in [-0.15, -0.1) is 11.3 Å². The Hall–Kier alpha value is -2.35. The fourth-order valence-electron chi connectivity index (χ4n) is 3.07. The van der Waals surface area contributed by atoms with Crippen LogP contribution in [0.5, 0.6) is 0 Å². The smallest absolute Gasteiger partial charge is 0.344 e. The summed E-state index contributed by atoms with van der Waals surface area (Å²) in [7, 11) is 1.81. The zero-order valence-electron chi connectivity index (χ0n) is 15.4. The number of benzene rings is 1. The van der Waals surface area contributed by atoms with Crippen LogP contribution in [-0.4, -0.2) is 15.7 Å². The van der Waals surface area contributed by atoms with E-state index in [0.29, 0.717) is 10.4 Å². The number of aryl methyl sites for hydroxylation is 2. The minimum atomic E-state index is -4.42. The summed E-state index contributed by atoms with van der Waals surface area (Å²) >= 11 is 1.32. The summed E-state index contributed by atoms with van der Waals surface area (Å²) in [4.78, 5) is 14.2. The predicted octanol–water partition coefficient (Wildman–Crippen LogP) is 5.09. The van der Waals surface area contributed by atoms with Crippen molar-refractivity contribution in [1.29, 1.82) is 0 Å². The van der Waals surface area contributed by atoms with Gasteiger partial charge in [0.2, 0.25) is 0 Å². The third-order valence-electron chi connectivity index (χ3n) is 4.45. The summed E-state index contributed by atoms with van der Waals surface area (Å²) in [5.41, 5.74) is 0.552. The first-order valence-electron chi connectivity index (χ1n) is 8.49. The van der Waals surface area contributed by atoms with Crippen molar-refractivity contribution in [2.75, 3.05) is 0 Å². The maximum Gasteiger partial charge on any atom is 0.416 e. The molecule has 0 aliphatic rings. The highest BCUT2D eigenvalue weighted by atomic mass is 32.1. The van der Waals surface area contributed by atoms with Gasteiger partial charge in [0.25, 0.3) is 5.91 Å². The summed E-state index contributed by atoms with van der Waals surface area (Å²) in [6.07, 6.45) is -4.42. The van der Waals surface area contributed by atoms with Gasteiger partial charge in [-0.2, -0.15) is 18.3 Å². The van der Waals surface area contributed by atoms with Gasteiger partial charge in [-0.25, -0.2) is 0 Å². The number of alkyl halides is 3. The van der Waals surface area contributed by atoms with Gasteiger partial charge in [0.1, 0.15) is 4.83 Å².